The molecule has 0 saturated carbocycles. The summed E-state index contributed by atoms with van der Waals surface area (Å²) in [7, 11) is 1.58. The Morgan fingerprint density at radius 3 is 2.64 bits per heavy atom. The van der Waals surface area contributed by atoms with Crippen LogP contribution >= 0.6 is 0 Å². The molecule has 0 aliphatic heterocycles. The van der Waals surface area contributed by atoms with E-state index in [9.17, 15) is 4.79 Å². The van der Waals surface area contributed by atoms with Gasteiger partial charge in [0.2, 0.25) is 0 Å². The Morgan fingerprint density at radius 1 is 1.43 bits per heavy atom. The van der Waals surface area contributed by atoms with Crippen molar-refractivity contribution in [2.75, 3.05) is 15.6 Å². The number of aromatic nitrogens is 1. The minimum absolute atomic E-state index is 0.169. The van der Waals surface area contributed by atoms with E-state index >= 15 is 0 Å². The molecule has 0 fully saturated rings. The summed E-state index contributed by atoms with van der Waals surface area (Å²) in [6.45, 7) is 0. The zero-order chi connectivity index (χ0) is 10.6. The lowest BCUT2D eigenvalue weighted by Gasteiger charge is -2.10. The predicted octanol–water partition coefficient (Wildman–Crippen LogP) is -0.568. The highest BCUT2D eigenvalue weighted by molar-refractivity contribution is 6.19. The third kappa shape index (κ3) is 2.40. The van der Waals surface area contributed by atoms with E-state index in [1.54, 1.807) is 13.1 Å². The van der Waals surface area contributed by atoms with E-state index in [2.05, 4.69) is 51.9 Å². The largest absolute Gasteiger partial charge is 0.490 e. The number of pyridine rings is 1. The van der Waals surface area contributed by atoms with Crippen LogP contribution in [0.15, 0.2) is 12.3 Å². The number of hydrogen-bond acceptors (Lipinski definition) is 4. The van der Waals surface area contributed by atoms with Gasteiger partial charge >= 0.3 is 33.0 Å². The van der Waals surface area contributed by atoms with Gasteiger partial charge < -0.3 is 13.9 Å². The number of rotatable bonds is 3. The fraction of sp³-hybridized carbons (Fsp3) is 0.143. The molecule has 0 aliphatic rings. The van der Waals surface area contributed by atoms with Crippen molar-refractivity contribution in [3.63, 3.8) is 0 Å². The summed E-state index contributed by atoms with van der Waals surface area (Å²) in [5.74, 6) is 0.505. The molecule has 0 spiro atoms. The van der Waals surface area contributed by atoms with E-state index in [0.717, 1.165) is 0 Å². The van der Waals surface area contributed by atoms with Crippen molar-refractivity contribution >= 4 is 50.4 Å². The number of hydrogen-bond donors (Lipinski definition) is 3. The van der Waals surface area contributed by atoms with Crippen LogP contribution in [0.25, 0.3) is 0 Å². The van der Waals surface area contributed by atoms with Crippen LogP contribution in [-0.4, -0.2) is 51.0 Å². The molecular weight excluding hydrogens is 210 g/mol. The Hall–Kier alpha value is -0.715. The average molecular weight is 218 g/mol. The normalized spacial score (nSPS) is 9.21. The lowest BCUT2D eigenvalue weighted by atomic mass is 10.2. The van der Waals surface area contributed by atoms with Crippen LogP contribution < -0.4 is 13.9 Å². The molecule has 1 rings (SSSR count). The minimum atomic E-state index is -0.169. The van der Waals surface area contributed by atoms with Gasteiger partial charge in [-0.15, -0.1) is 0 Å². The molecule has 1 heterocycles. The van der Waals surface area contributed by atoms with E-state index in [1.165, 1.54) is 6.20 Å². The Balaban J connectivity index is 3.11. The standard InChI is InChI=1S/C7H9N4O.2Al/c1-10-7(12)4-3-11-6(9)2-5(4)8;;/h2-3H,1H3,(H4-,8,9,10,11,12);;/q-1;2*+1/p-1. The maximum atomic E-state index is 11.4. The van der Waals surface area contributed by atoms with E-state index in [1.807, 2.05) is 0 Å². The number of carbonyl (C=O) groups is 1. The van der Waals surface area contributed by atoms with E-state index in [0.29, 0.717) is 17.1 Å². The molecule has 0 unspecified atom stereocenters. The molecule has 0 bridgehead atoms. The molecule has 0 aromatic carbocycles. The van der Waals surface area contributed by atoms with Gasteiger partial charge in [-0.3, -0.25) is 4.79 Å². The van der Waals surface area contributed by atoms with Crippen molar-refractivity contribution in [3.8, 4) is 0 Å². The molecule has 1 aromatic rings. The molecule has 0 aliphatic carbocycles. The predicted molar refractivity (Wildman–Crippen MR) is 56.4 cm³/mol. The van der Waals surface area contributed by atoms with Gasteiger partial charge in [0.05, 0.1) is 5.56 Å². The van der Waals surface area contributed by atoms with E-state index < -0.39 is 0 Å². The molecule has 7 heteroatoms. The SMILES string of the molecule is CNC(=O)c1cnc([NH][Al])cc1[NH][Al]. The number of amides is 1. The third-order valence-corrected chi connectivity index (χ3v) is 2.29. The first-order valence-corrected chi connectivity index (χ1v) is 5.03. The Labute approximate surface area is 99.0 Å². The number of nitrogens with one attached hydrogen (secondary N) is 3. The van der Waals surface area contributed by atoms with Gasteiger partial charge in [-0.25, -0.2) is 4.98 Å². The number of carbonyl (C=O) groups excluding carboxylic acids is 1. The first-order chi connectivity index (χ1) is 6.72. The average Bonchev–Trinajstić information content (AvgIpc) is 2.27. The summed E-state index contributed by atoms with van der Waals surface area (Å²) >= 11 is 4.69. The summed E-state index contributed by atoms with van der Waals surface area (Å²) in [6, 6.07) is 1.74. The molecule has 14 heavy (non-hydrogen) atoms. The third-order valence-electron chi connectivity index (χ3n) is 1.68. The lowest BCUT2D eigenvalue weighted by molar-refractivity contribution is 0.0963. The van der Waals surface area contributed by atoms with E-state index in [-0.39, 0.29) is 5.91 Å². The van der Waals surface area contributed by atoms with Crippen LogP contribution in [-0.2, 0) is 0 Å². The first-order valence-electron chi connectivity index (χ1n) is 3.88. The van der Waals surface area contributed by atoms with Gasteiger partial charge in [-0.05, 0) is 6.07 Å². The van der Waals surface area contributed by atoms with Crippen LogP contribution in [0.5, 0.6) is 0 Å². The molecule has 0 saturated heterocycles. The highest BCUT2D eigenvalue weighted by Crippen LogP contribution is 2.17. The molecule has 0 atom stereocenters. The Kier molecular flexibility index (Phi) is 4.25. The zero-order valence-electron chi connectivity index (χ0n) is 7.66. The monoisotopic (exact) mass is 218 g/mol. The second-order valence-electron chi connectivity index (χ2n) is 2.48. The minimum Gasteiger partial charge on any atom is -0.490 e. The van der Waals surface area contributed by atoms with Crippen molar-refractivity contribution in [1.29, 1.82) is 0 Å². The quantitative estimate of drug-likeness (QED) is 0.594. The Morgan fingerprint density at radius 2 is 2.14 bits per heavy atom. The van der Waals surface area contributed by atoms with Gasteiger partial charge in [-0.2, -0.15) is 0 Å². The fourth-order valence-corrected chi connectivity index (χ4v) is 1.37. The van der Waals surface area contributed by atoms with Gasteiger partial charge in [0, 0.05) is 18.9 Å². The van der Waals surface area contributed by atoms with Gasteiger partial charge in [0.15, 0.2) is 0 Å². The lowest BCUT2D eigenvalue weighted by Crippen LogP contribution is -2.19. The van der Waals surface area contributed by atoms with Crippen LogP contribution in [0, 0.1) is 0 Å². The van der Waals surface area contributed by atoms with Crippen LogP contribution in [0.1, 0.15) is 10.4 Å². The number of nitrogens with zero attached hydrogens (tertiary/aromatic N) is 1. The summed E-state index contributed by atoms with van der Waals surface area (Å²) in [4.78, 5) is 15.4. The summed E-state index contributed by atoms with van der Waals surface area (Å²) in [5.41, 5.74) is 1.21. The van der Waals surface area contributed by atoms with E-state index in [4.69, 9.17) is 0 Å². The molecular formula is C7H8Al2N4O. The van der Waals surface area contributed by atoms with Gasteiger partial charge in [0.1, 0.15) is 5.82 Å². The fourth-order valence-electron chi connectivity index (χ4n) is 0.969. The molecule has 1 amide bonds. The van der Waals surface area contributed by atoms with Crippen molar-refractivity contribution in [3.05, 3.63) is 17.8 Å². The highest BCUT2D eigenvalue weighted by atomic mass is 27.1. The summed E-state index contributed by atoms with van der Waals surface area (Å²) < 4.78 is 5.66. The summed E-state index contributed by atoms with van der Waals surface area (Å²) in [5, 5.41) is 2.54. The molecule has 5 nitrogen and oxygen atoms in total. The second kappa shape index (κ2) is 5.24. The summed E-state index contributed by atoms with van der Waals surface area (Å²) in [6.07, 6.45) is 1.51. The highest BCUT2D eigenvalue weighted by Gasteiger charge is 2.09. The smallest absolute Gasteiger partial charge is 0.307 e. The molecule has 68 valence electrons. The first kappa shape index (κ1) is 11.4. The van der Waals surface area contributed by atoms with Crippen molar-refractivity contribution in [1.82, 2.24) is 10.3 Å². The maximum absolute atomic E-state index is 11.4. The molecule has 3 N–H and O–H groups in total. The second-order valence-corrected chi connectivity index (χ2v) is 3.06. The Bertz CT molecular complexity index is 344. The molecule has 4 radical (unpaired) electrons. The molecule has 1 aromatic heterocycles. The van der Waals surface area contributed by atoms with Crippen LogP contribution in [0.4, 0.5) is 11.5 Å². The zero-order valence-corrected chi connectivity index (χ0v) is 9.97. The van der Waals surface area contributed by atoms with Gasteiger partial charge in [-0.1, -0.05) is 0 Å². The van der Waals surface area contributed by atoms with Crippen molar-refractivity contribution in [2.45, 2.75) is 0 Å². The number of anilines is 2. The van der Waals surface area contributed by atoms with Crippen molar-refractivity contribution < 1.29 is 4.79 Å². The van der Waals surface area contributed by atoms with Gasteiger partial charge in [0.25, 0.3) is 5.91 Å². The van der Waals surface area contributed by atoms with Crippen LogP contribution in [0.2, 0.25) is 0 Å². The van der Waals surface area contributed by atoms with Crippen molar-refractivity contribution in [2.24, 2.45) is 0 Å². The topological polar surface area (TPSA) is 66.0 Å². The van der Waals surface area contributed by atoms with Crippen LogP contribution in [0.3, 0.4) is 0 Å². The maximum Gasteiger partial charge on any atom is 0.307 e.